The molecule has 0 aliphatic carbocycles. The lowest BCUT2D eigenvalue weighted by Crippen LogP contribution is -2.38. The van der Waals surface area contributed by atoms with Crippen LogP contribution in [-0.2, 0) is 28.6 Å². The summed E-state index contributed by atoms with van der Waals surface area (Å²) in [5.74, 6) is -0.0703. The van der Waals surface area contributed by atoms with Gasteiger partial charge in [0.15, 0.2) is 0 Å². The fourth-order valence-corrected chi connectivity index (χ4v) is 2.85. The van der Waals surface area contributed by atoms with Gasteiger partial charge in [-0.2, -0.15) is 16.8 Å². The molecule has 120 valence electrons. The van der Waals surface area contributed by atoms with Crippen molar-refractivity contribution in [3.63, 3.8) is 0 Å². The zero-order chi connectivity index (χ0) is 16.1. The van der Waals surface area contributed by atoms with E-state index in [1.165, 1.54) is 24.3 Å². The second kappa shape index (κ2) is 6.71. The topological polar surface area (TPSA) is 96.0 Å². The Morgan fingerprint density at radius 3 is 2.05 bits per heavy atom. The molecule has 21 heavy (non-hydrogen) atoms. The van der Waals surface area contributed by atoms with Gasteiger partial charge in [-0.15, -0.1) is 0 Å². The van der Waals surface area contributed by atoms with Gasteiger partial charge in [0, 0.05) is 0 Å². The van der Waals surface area contributed by atoms with Gasteiger partial charge in [0.25, 0.3) is 0 Å². The molecule has 1 aromatic carbocycles. The predicted octanol–water partition coefficient (Wildman–Crippen LogP) is 0.294. The molecule has 0 amide bonds. The zero-order valence-electron chi connectivity index (χ0n) is 11.9. The molecule has 0 saturated heterocycles. The van der Waals surface area contributed by atoms with Crippen LogP contribution in [0.3, 0.4) is 0 Å². The van der Waals surface area contributed by atoms with Crippen LogP contribution >= 0.6 is 0 Å². The minimum atomic E-state index is -4.78. The molecule has 1 aromatic rings. The lowest BCUT2D eigenvalue weighted by atomic mass is 10.3. The first kappa shape index (κ1) is 17.9. The van der Waals surface area contributed by atoms with E-state index in [-0.39, 0.29) is 12.4 Å². The monoisotopic (exact) mass is 340 g/mol. The third-order valence-electron chi connectivity index (χ3n) is 2.10. The molecule has 1 rings (SSSR count). The van der Waals surface area contributed by atoms with Crippen LogP contribution in [0.4, 0.5) is 0 Å². The summed E-state index contributed by atoms with van der Waals surface area (Å²) in [5, 5.41) is 0. The van der Waals surface area contributed by atoms with E-state index in [2.05, 4.69) is 12.0 Å². The van der Waals surface area contributed by atoms with Crippen molar-refractivity contribution >= 4 is 20.8 Å². The summed E-state index contributed by atoms with van der Waals surface area (Å²) in [7, 11) is -4.00. The van der Waals surface area contributed by atoms with E-state index in [1.54, 1.807) is 6.07 Å². The van der Waals surface area contributed by atoms with Gasteiger partial charge in [-0.25, -0.2) is 4.18 Å². The van der Waals surface area contributed by atoms with Crippen LogP contribution in [0, 0.1) is 0 Å². The van der Waals surface area contributed by atoms with E-state index < -0.39 is 20.8 Å². The summed E-state index contributed by atoms with van der Waals surface area (Å²) in [6, 6.07) is 7.37. The third-order valence-corrected chi connectivity index (χ3v) is 4.28. The fraction of sp³-hybridized carbons (Fsp3) is 0.455. The van der Waals surface area contributed by atoms with Crippen molar-refractivity contribution in [3.05, 3.63) is 30.3 Å². The Labute approximate surface area is 125 Å². The zero-order valence-corrected chi connectivity index (χ0v) is 13.6. The molecule has 0 spiro atoms. The Morgan fingerprint density at radius 1 is 0.952 bits per heavy atom. The minimum Gasteiger partial charge on any atom is -0.361 e. The van der Waals surface area contributed by atoms with Gasteiger partial charge in [-0.3, -0.25) is 0 Å². The first-order valence-corrected chi connectivity index (χ1v) is 8.56. The van der Waals surface area contributed by atoms with Gasteiger partial charge in [0.05, 0.1) is 21.1 Å². The maximum absolute atomic E-state index is 11.5. The highest BCUT2D eigenvalue weighted by Crippen LogP contribution is 2.14. The largest absolute Gasteiger partial charge is 0.465 e. The van der Waals surface area contributed by atoms with Crippen molar-refractivity contribution < 1.29 is 33.3 Å². The molecule has 0 saturated carbocycles. The van der Waals surface area contributed by atoms with E-state index in [4.69, 9.17) is 0 Å². The van der Waals surface area contributed by atoms with Crippen molar-refractivity contribution in [1.82, 2.24) is 0 Å². The number of likely N-dealkylation sites (N-methyl/N-ethyl adjacent to an activating group) is 1. The number of hydrogen-bond donors (Lipinski definition) is 0. The highest BCUT2D eigenvalue weighted by molar-refractivity contribution is 7.95. The van der Waals surface area contributed by atoms with Gasteiger partial charge in [0.2, 0.25) is 0 Å². The molecule has 10 heteroatoms. The Balaban J connectivity index is 2.61. The number of hydrogen-bond acceptors (Lipinski definition) is 7. The second-order valence-electron chi connectivity index (χ2n) is 5.12. The second-order valence-corrected chi connectivity index (χ2v) is 7.70. The maximum atomic E-state index is 11.5. The van der Waals surface area contributed by atoms with Crippen molar-refractivity contribution in [2.75, 3.05) is 34.3 Å². The van der Waals surface area contributed by atoms with Crippen LogP contribution in [0.25, 0.3) is 0 Å². The number of nitrogens with zero attached hydrogens (tertiary/aromatic N) is 1. The molecule has 0 bridgehead atoms. The van der Waals surface area contributed by atoms with Gasteiger partial charge >= 0.3 is 20.8 Å². The summed E-state index contributed by atoms with van der Waals surface area (Å²) in [6.45, 7) is 0.134. The molecule has 0 radical (unpaired) electrons. The normalized spacial score (nSPS) is 13.1. The van der Waals surface area contributed by atoms with Crippen molar-refractivity contribution in [2.24, 2.45) is 0 Å². The Hall–Kier alpha value is -1.20. The Bertz CT molecular complexity index is 648. The van der Waals surface area contributed by atoms with Gasteiger partial charge in [-0.05, 0) is 12.1 Å². The Morgan fingerprint density at radius 2 is 1.52 bits per heavy atom. The van der Waals surface area contributed by atoms with Crippen LogP contribution in [0.15, 0.2) is 30.3 Å². The van der Waals surface area contributed by atoms with Crippen LogP contribution in [-0.4, -0.2) is 55.6 Å². The van der Waals surface area contributed by atoms with E-state index in [1.807, 2.05) is 21.1 Å². The first-order chi connectivity index (χ1) is 9.49. The average Bonchev–Trinajstić information content (AvgIpc) is 2.25. The summed E-state index contributed by atoms with van der Waals surface area (Å²) >= 11 is 0. The summed E-state index contributed by atoms with van der Waals surface area (Å²) in [6.07, 6.45) is 0. The van der Waals surface area contributed by atoms with Gasteiger partial charge < -0.3 is 8.67 Å². The number of para-hydroxylation sites is 1. The molecule has 0 aromatic heterocycles. The average molecular weight is 340 g/mol. The SMILES string of the molecule is C[N+](C)(C)CCOS(=O)(=O)OS(=O)(=O)Oc1ccccc1. The maximum Gasteiger partial charge on any atom is 0.465 e. The molecular weight excluding hydrogens is 322 g/mol. The van der Waals surface area contributed by atoms with Crippen molar-refractivity contribution in [2.45, 2.75) is 0 Å². The Kier molecular flexibility index (Phi) is 5.70. The van der Waals surface area contributed by atoms with Crippen LogP contribution in [0.5, 0.6) is 5.75 Å². The molecule has 0 atom stereocenters. The quantitative estimate of drug-likeness (QED) is 0.628. The molecule has 0 fully saturated rings. The van der Waals surface area contributed by atoms with Crippen molar-refractivity contribution in [1.29, 1.82) is 0 Å². The number of quaternary nitrogens is 1. The molecule has 0 unspecified atom stereocenters. The number of benzene rings is 1. The molecule has 8 nitrogen and oxygen atoms in total. The van der Waals surface area contributed by atoms with Gasteiger partial charge in [-0.1, -0.05) is 21.8 Å². The molecule has 0 aliphatic rings. The number of rotatable bonds is 8. The molecule has 0 aliphatic heterocycles. The van der Waals surface area contributed by atoms with E-state index in [0.29, 0.717) is 11.0 Å². The summed E-state index contributed by atoms with van der Waals surface area (Å²) < 4.78 is 59.1. The van der Waals surface area contributed by atoms with Crippen LogP contribution < -0.4 is 4.18 Å². The molecular formula is C11H18NO7S2+. The van der Waals surface area contributed by atoms with Gasteiger partial charge in [0.1, 0.15) is 18.9 Å². The van der Waals surface area contributed by atoms with E-state index in [0.717, 1.165) is 0 Å². The minimum absolute atomic E-state index is 0.0703. The summed E-state index contributed by atoms with van der Waals surface area (Å²) in [5.41, 5.74) is 0. The highest BCUT2D eigenvalue weighted by atomic mass is 32.3. The first-order valence-electron chi connectivity index (χ1n) is 5.89. The van der Waals surface area contributed by atoms with Crippen molar-refractivity contribution in [3.8, 4) is 5.75 Å². The van der Waals surface area contributed by atoms with E-state index >= 15 is 0 Å². The molecule has 0 heterocycles. The lowest BCUT2D eigenvalue weighted by molar-refractivity contribution is -0.870. The fourth-order valence-electron chi connectivity index (χ4n) is 1.14. The van der Waals surface area contributed by atoms with Crippen LogP contribution in [0.1, 0.15) is 0 Å². The molecule has 0 N–H and O–H groups in total. The van der Waals surface area contributed by atoms with E-state index in [9.17, 15) is 16.8 Å². The summed E-state index contributed by atoms with van der Waals surface area (Å²) in [4.78, 5) is 0. The smallest absolute Gasteiger partial charge is 0.361 e. The lowest BCUT2D eigenvalue weighted by Gasteiger charge is -2.23. The third kappa shape index (κ3) is 7.97. The highest BCUT2D eigenvalue weighted by Gasteiger charge is 2.26. The predicted molar refractivity (Wildman–Crippen MR) is 74.8 cm³/mol. The van der Waals surface area contributed by atoms with Crippen LogP contribution in [0.2, 0.25) is 0 Å². The standard InChI is InChI=1S/C11H18NO7S2/c1-12(2,3)9-10-17-20(13,14)19-21(15,16)18-11-7-5-4-6-8-11/h4-8H,9-10H2,1-3H3/q+1.